The molecule has 29 heavy (non-hydrogen) atoms. The number of nitrogens with zero attached hydrogens (tertiary/aromatic N) is 1. The molecule has 0 saturated carbocycles. The third-order valence-corrected chi connectivity index (χ3v) is 3.74. The van der Waals surface area contributed by atoms with Gasteiger partial charge in [-0.3, -0.25) is 4.79 Å². The van der Waals surface area contributed by atoms with Gasteiger partial charge in [0.25, 0.3) is 5.91 Å². The van der Waals surface area contributed by atoms with Crippen LogP contribution in [0, 0.1) is 12.7 Å². The van der Waals surface area contributed by atoms with E-state index in [4.69, 9.17) is 5.73 Å². The Balaban J connectivity index is 1.73. The average molecular weight is 412 g/mol. The lowest BCUT2D eigenvalue weighted by molar-refractivity contribution is -0.274. The summed E-state index contributed by atoms with van der Waals surface area (Å²) in [5.41, 5.74) is 7.01. The predicted octanol–water partition coefficient (Wildman–Crippen LogP) is 2.87. The Kier molecular flexibility index (Phi) is 7.40. The summed E-state index contributed by atoms with van der Waals surface area (Å²) in [6, 6.07) is 9.48. The number of amides is 1. The number of aliphatic imine (C=N–C) groups is 1. The standard InChI is InChI=1S/C19H20F4N4O2/c1-12-2-5-14(10-16(12)20)17(28)25-8-9-26-18(24)27-11-13-3-6-15(7-4-13)29-19(21,22)23/h2-7,10H,8-9,11H2,1H3,(H,25,28)(H3,24,26,27). The fraction of sp³-hybridized carbons (Fsp3) is 0.263. The molecule has 0 saturated heterocycles. The summed E-state index contributed by atoms with van der Waals surface area (Å²) < 4.78 is 53.6. The van der Waals surface area contributed by atoms with Gasteiger partial charge in [-0.1, -0.05) is 18.2 Å². The molecule has 0 atom stereocenters. The largest absolute Gasteiger partial charge is 0.573 e. The molecule has 0 aliphatic rings. The first-order valence-corrected chi connectivity index (χ1v) is 8.57. The molecule has 10 heteroatoms. The highest BCUT2D eigenvalue weighted by Gasteiger charge is 2.30. The van der Waals surface area contributed by atoms with E-state index in [0.717, 1.165) is 0 Å². The molecule has 4 N–H and O–H groups in total. The van der Waals surface area contributed by atoms with Gasteiger partial charge in [0.15, 0.2) is 5.96 Å². The number of aryl methyl sites for hydroxylation is 1. The number of hydrogen-bond donors (Lipinski definition) is 3. The maximum absolute atomic E-state index is 13.5. The Morgan fingerprint density at radius 2 is 1.76 bits per heavy atom. The van der Waals surface area contributed by atoms with Crippen LogP contribution in [-0.2, 0) is 6.54 Å². The number of guanidine groups is 1. The molecule has 2 rings (SSSR count). The van der Waals surface area contributed by atoms with Crippen molar-refractivity contribution in [1.82, 2.24) is 10.6 Å². The molecule has 0 bridgehead atoms. The van der Waals surface area contributed by atoms with Crippen molar-refractivity contribution in [1.29, 1.82) is 0 Å². The molecule has 2 aromatic carbocycles. The third kappa shape index (κ3) is 7.68. The van der Waals surface area contributed by atoms with Gasteiger partial charge in [0.05, 0.1) is 6.54 Å². The first-order chi connectivity index (χ1) is 13.6. The summed E-state index contributed by atoms with van der Waals surface area (Å²) >= 11 is 0. The van der Waals surface area contributed by atoms with E-state index >= 15 is 0 Å². The maximum atomic E-state index is 13.5. The van der Waals surface area contributed by atoms with E-state index in [-0.39, 0.29) is 36.9 Å². The second kappa shape index (κ2) is 9.76. The highest BCUT2D eigenvalue weighted by atomic mass is 19.4. The van der Waals surface area contributed by atoms with Gasteiger partial charge in [0.2, 0.25) is 0 Å². The van der Waals surface area contributed by atoms with Gasteiger partial charge in [-0.25, -0.2) is 9.38 Å². The van der Waals surface area contributed by atoms with Crippen LogP contribution in [0.25, 0.3) is 0 Å². The molecule has 156 valence electrons. The van der Waals surface area contributed by atoms with Crippen LogP contribution >= 0.6 is 0 Å². The van der Waals surface area contributed by atoms with Crippen molar-refractivity contribution in [2.45, 2.75) is 19.8 Å². The lowest BCUT2D eigenvalue weighted by Gasteiger charge is -2.09. The molecule has 0 radical (unpaired) electrons. The van der Waals surface area contributed by atoms with Crippen molar-refractivity contribution in [2.75, 3.05) is 13.1 Å². The van der Waals surface area contributed by atoms with E-state index in [9.17, 15) is 22.4 Å². The minimum atomic E-state index is -4.74. The quantitative estimate of drug-likeness (QED) is 0.282. The number of alkyl halides is 3. The van der Waals surface area contributed by atoms with E-state index in [1.165, 1.54) is 42.5 Å². The van der Waals surface area contributed by atoms with Crippen molar-refractivity contribution in [3.63, 3.8) is 0 Å². The van der Waals surface area contributed by atoms with Crippen LogP contribution in [0.5, 0.6) is 5.75 Å². The molecular weight excluding hydrogens is 392 g/mol. The fourth-order valence-electron chi connectivity index (χ4n) is 2.23. The van der Waals surface area contributed by atoms with E-state index < -0.39 is 18.1 Å². The summed E-state index contributed by atoms with van der Waals surface area (Å²) in [6.45, 7) is 2.27. The van der Waals surface area contributed by atoms with Crippen molar-refractivity contribution >= 4 is 11.9 Å². The number of benzene rings is 2. The smallest absolute Gasteiger partial charge is 0.406 e. The molecule has 0 aliphatic carbocycles. The highest BCUT2D eigenvalue weighted by molar-refractivity contribution is 5.94. The maximum Gasteiger partial charge on any atom is 0.573 e. The molecule has 0 aliphatic heterocycles. The third-order valence-electron chi connectivity index (χ3n) is 3.74. The van der Waals surface area contributed by atoms with Crippen LogP contribution in [0.15, 0.2) is 47.5 Å². The number of rotatable bonds is 7. The molecule has 0 fully saturated rings. The van der Waals surface area contributed by atoms with Crippen LogP contribution in [0.1, 0.15) is 21.5 Å². The summed E-state index contributed by atoms with van der Waals surface area (Å²) in [6.07, 6.45) is -4.74. The average Bonchev–Trinajstić information content (AvgIpc) is 2.65. The first-order valence-electron chi connectivity index (χ1n) is 8.57. The zero-order chi connectivity index (χ0) is 21.4. The number of nitrogens with one attached hydrogen (secondary N) is 2. The van der Waals surface area contributed by atoms with Gasteiger partial charge in [0.1, 0.15) is 11.6 Å². The summed E-state index contributed by atoms with van der Waals surface area (Å²) in [5.74, 6) is -1.08. The SMILES string of the molecule is Cc1ccc(C(=O)NCCNC(N)=NCc2ccc(OC(F)(F)F)cc2)cc1F. The molecular formula is C19H20F4N4O2. The predicted molar refractivity (Wildman–Crippen MR) is 99.9 cm³/mol. The Morgan fingerprint density at radius 3 is 2.38 bits per heavy atom. The molecule has 2 aromatic rings. The van der Waals surface area contributed by atoms with Crippen molar-refractivity contribution in [2.24, 2.45) is 10.7 Å². The van der Waals surface area contributed by atoms with E-state index in [2.05, 4.69) is 20.4 Å². The van der Waals surface area contributed by atoms with Gasteiger partial charge in [0, 0.05) is 18.7 Å². The molecule has 1 amide bonds. The second-order valence-corrected chi connectivity index (χ2v) is 6.04. The molecule has 0 unspecified atom stereocenters. The monoisotopic (exact) mass is 412 g/mol. The number of halogens is 4. The van der Waals surface area contributed by atoms with Crippen LogP contribution in [0.3, 0.4) is 0 Å². The van der Waals surface area contributed by atoms with E-state index in [1.54, 1.807) is 6.92 Å². The van der Waals surface area contributed by atoms with Crippen molar-refractivity contribution in [3.05, 3.63) is 65.0 Å². The zero-order valence-corrected chi connectivity index (χ0v) is 15.5. The summed E-state index contributed by atoms with van der Waals surface area (Å²) in [5, 5.41) is 5.40. The van der Waals surface area contributed by atoms with E-state index in [0.29, 0.717) is 11.1 Å². The minimum absolute atomic E-state index is 0.108. The topological polar surface area (TPSA) is 88.7 Å². The lowest BCUT2D eigenvalue weighted by Crippen LogP contribution is -2.38. The van der Waals surface area contributed by atoms with Crippen LogP contribution in [0.4, 0.5) is 17.6 Å². The summed E-state index contributed by atoms with van der Waals surface area (Å²) in [4.78, 5) is 16.0. The number of ether oxygens (including phenoxy) is 1. The summed E-state index contributed by atoms with van der Waals surface area (Å²) in [7, 11) is 0. The van der Waals surface area contributed by atoms with Gasteiger partial charge in [-0.05, 0) is 42.3 Å². The van der Waals surface area contributed by atoms with Gasteiger partial charge < -0.3 is 21.1 Å². The zero-order valence-electron chi connectivity index (χ0n) is 15.5. The normalized spacial score (nSPS) is 11.8. The molecule has 0 spiro atoms. The van der Waals surface area contributed by atoms with Crippen LogP contribution < -0.4 is 21.1 Å². The number of hydrogen-bond acceptors (Lipinski definition) is 3. The Morgan fingerprint density at radius 1 is 1.10 bits per heavy atom. The Hall–Kier alpha value is -3.30. The van der Waals surface area contributed by atoms with Gasteiger partial charge in [-0.15, -0.1) is 13.2 Å². The number of carbonyl (C=O) groups excluding carboxylic acids is 1. The van der Waals surface area contributed by atoms with Crippen LogP contribution in [0.2, 0.25) is 0 Å². The number of nitrogens with two attached hydrogens (primary N) is 1. The van der Waals surface area contributed by atoms with Crippen molar-refractivity contribution < 1.29 is 27.1 Å². The Labute approximate surface area is 164 Å². The molecule has 0 heterocycles. The highest BCUT2D eigenvalue weighted by Crippen LogP contribution is 2.22. The van der Waals surface area contributed by atoms with Gasteiger partial charge in [-0.2, -0.15) is 0 Å². The fourth-order valence-corrected chi connectivity index (χ4v) is 2.23. The first kappa shape index (κ1) is 22.0. The van der Waals surface area contributed by atoms with Crippen molar-refractivity contribution in [3.8, 4) is 5.75 Å². The van der Waals surface area contributed by atoms with Gasteiger partial charge >= 0.3 is 6.36 Å². The minimum Gasteiger partial charge on any atom is -0.406 e. The Bertz CT molecular complexity index is 868. The molecule has 6 nitrogen and oxygen atoms in total. The second-order valence-electron chi connectivity index (χ2n) is 6.04. The number of carbonyl (C=O) groups is 1. The van der Waals surface area contributed by atoms with Crippen LogP contribution in [-0.4, -0.2) is 31.3 Å². The van der Waals surface area contributed by atoms with E-state index in [1.807, 2.05) is 0 Å². The molecule has 0 aromatic heterocycles. The lowest BCUT2D eigenvalue weighted by atomic mass is 10.1.